The van der Waals surface area contributed by atoms with Gasteiger partial charge in [0.2, 0.25) is 0 Å². The zero-order chi connectivity index (χ0) is 8.53. The van der Waals surface area contributed by atoms with Crippen molar-refractivity contribution in [3.8, 4) is 36.0 Å². The Morgan fingerprint density at radius 1 is 1.45 bits per heavy atom. The highest BCUT2D eigenvalue weighted by Gasteiger charge is 1.77. The van der Waals surface area contributed by atoms with Gasteiger partial charge in [-0.25, -0.2) is 0 Å². The Balaban J connectivity index is 3.59. The van der Waals surface area contributed by atoms with Crippen LogP contribution in [0.2, 0.25) is 0 Å². The van der Waals surface area contributed by atoms with Gasteiger partial charge < -0.3 is 11.1 Å². The Labute approximate surface area is 71.5 Å². The minimum absolute atomic E-state index is 0.226. The summed E-state index contributed by atoms with van der Waals surface area (Å²) in [5, 5.41) is 2.86. The summed E-state index contributed by atoms with van der Waals surface area (Å²) in [5.41, 5.74) is 5.12. The van der Waals surface area contributed by atoms with Gasteiger partial charge in [0.1, 0.15) is 0 Å². The molecule has 0 aliphatic heterocycles. The monoisotopic (exact) mass is 162 g/mol. The average Bonchev–Trinajstić information content (AvgIpc) is 1.96. The summed E-state index contributed by atoms with van der Waals surface area (Å²) in [6.45, 7) is 0.397. The summed E-state index contributed by atoms with van der Waals surface area (Å²) in [6, 6.07) is 0. The molecule has 0 aliphatic carbocycles. The zero-order valence-corrected chi connectivity index (χ0v) is 6.59. The summed E-state index contributed by atoms with van der Waals surface area (Å²) in [7, 11) is 0. The summed E-state index contributed by atoms with van der Waals surface area (Å²) < 4.78 is 0. The Bertz CT molecular complexity index is 290. The summed E-state index contributed by atoms with van der Waals surface area (Å²) in [5.74, 6) is 12.1. The fraction of sp³-hybridized carbons (Fsp3) is 0.125. The van der Waals surface area contributed by atoms with Crippen LogP contribution in [-0.2, 0) is 0 Å². The molecule has 0 atom stereocenters. The minimum Gasteiger partial charge on any atom is -0.376 e. The minimum atomic E-state index is 0.226. The van der Waals surface area contributed by atoms with E-state index in [0.717, 1.165) is 0 Å². The smallest absolute Gasteiger partial charge is 0.164 e. The molecule has 0 aliphatic rings. The SMILES string of the molecule is C#CC#CC#CCNC(N)=S. The molecule has 2 nitrogen and oxygen atoms in total. The van der Waals surface area contributed by atoms with Crippen LogP contribution in [0, 0.1) is 36.0 Å². The van der Waals surface area contributed by atoms with Crippen LogP contribution >= 0.6 is 12.2 Å². The number of hydrogen-bond acceptors (Lipinski definition) is 1. The third kappa shape index (κ3) is 8.37. The topological polar surface area (TPSA) is 38.0 Å². The van der Waals surface area contributed by atoms with Gasteiger partial charge in [0.05, 0.1) is 6.54 Å². The van der Waals surface area contributed by atoms with Crippen LogP contribution in [0.1, 0.15) is 0 Å². The van der Waals surface area contributed by atoms with Crippen LogP contribution in [0.25, 0.3) is 0 Å². The van der Waals surface area contributed by atoms with Crippen LogP contribution in [0.5, 0.6) is 0 Å². The Morgan fingerprint density at radius 2 is 2.18 bits per heavy atom. The molecule has 3 heteroatoms. The van der Waals surface area contributed by atoms with E-state index in [2.05, 4.69) is 47.1 Å². The van der Waals surface area contributed by atoms with E-state index in [-0.39, 0.29) is 5.11 Å². The van der Waals surface area contributed by atoms with Crippen molar-refractivity contribution in [1.82, 2.24) is 5.32 Å². The summed E-state index contributed by atoms with van der Waals surface area (Å²) in [6.07, 6.45) is 4.84. The second-order valence-corrected chi connectivity index (χ2v) is 1.85. The molecule has 0 rings (SSSR count). The van der Waals surface area contributed by atoms with E-state index in [1.54, 1.807) is 0 Å². The molecule has 0 aromatic rings. The van der Waals surface area contributed by atoms with E-state index in [4.69, 9.17) is 12.2 Å². The second kappa shape index (κ2) is 6.49. The third-order valence-corrected chi connectivity index (χ3v) is 0.781. The summed E-state index contributed by atoms with van der Waals surface area (Å²) in [4.78, 5) is 0. The molecule has 0 unspecified atom stereocenters. The fourth-order valence-electron chi connectivity index (χ4n) is 0.287. The van der Waals surface area contributed by atoms with Crippen molar-refractivity contribution in [1.29, 1.82) is 0 Å². The Morgan fingerprint density at radius 3 is 2.73 bits per heavy atom. The van der Waals surface area contributed by atoms with Gasteiger partial charge >= 0.3 is 0 Å². The molecular formula is C8H6N2S. The maximum absolute atomic E-state index is 5.12. The van der Waals surface area contributed by atoms with Crippen LogP contribution in [0.4, 0.5) is 0 Å². The number of nitrogens with two attached hydrogens (primary N) is 1. The maximum Gasteiger partial charge on any atom is 0.164 e. The lowest BCUT2D eigenvalue weighted by Gasteiger charge is -1.92. The first-order chi connectivity index (χ1) is 5.27. The Kier molecular flexibility index (Phi) is 5.53. The van der Waals surface area contributed by atoms with Crippen molar-refractivity contribution < 1.29 is 0 Å². The molecule has 0 bridgehead atoms. The van der Waals surface area contributed by atoms with Gasteiger partial charge in [0.25, 0.3) is 0 Å². The molecule has 3 N–H and O–H groups in total. The lowest BCUT2D eigenvalue weighted by Crippen LogP contribution is -2.29. The largest absolute Gasteiger partial charge is 0.376 e. The lowest BCUT2D eigenvalue weighted by atomic mass is 10.5. The molecule has 54 valence electrons. The van der Waals surface area contributed by atoms with Crippen molar-refractivity contribution in [2.24, 2.45) is 5.73 Å². The van der Waals surface area contributed by atoms with E-state index in [1.165, 1.54) is 0 Å². The number of terminal acetylenes is 1. The van der Waals surface area contributed by atoms with E-state index >= 15 is 0 Å². The van der Waals surface area contributed by atoms with Gasteiger partial charge in [-0.05, 0) is 35.9 Å². The van der Waals surface area contributed by atoms with Crippen molar-refractivity contribution in [3.63, 3.8) is 0 Å². The number of thiocarbonyl (C=S) groups is 1. The average molecular weight is 162 g/mol. The summed E-state index contributed by atoms with van der Waals surface area (Å²) >= 11 is 4.53. The molecule has 0 saturated heterocycles. The first-order valence-electron chi connectivity index (χ1n) is 2.74. The molecular weight excluding hydrogens is 156 g/mol. The predicted molar refractivity (Wildman–Crippen MR) is 49.2 cm³/mol. The number of rotatable bonds is 1. The fourth-order valence-corrected chi connectivity index (χ4v) is 0.359. The van der Waals surface area contributed by atoms with Gasteiger partial charge in [-0.1, -0.05) is 5.92 Å². The molecule has 0 saturated carbocycles. The lowest BCUT2D eigenvalue weighted by molar-refractivity contribution is 1.08. The highest BCUT2D eigenvalue weighted by Crippen LogP contribution is 1.57. The molecule has 0 fully saturated rings. The van der Waals surface area contributed by atoms with E-state index in [0.29, 0.717) is 6.54 Å². The quantitative estimate of drug-likeness (QED) is 0.402. The molecule has 0 spiro atoms. The highest BCUT2D eigenvalue weighted by atomic mass is 32.1. The van der Waals surface area contributed by atoms with Gasteiger partial charge in [-0.3, -0.25) is 0 Å². The van der Waals surface area contributed by atoms with Gasteiger partial charge in [0, 0.05) is 0 Å². The van der Waals surface area contributed by atoms with Crippen molar-refractivity contribution >= 4 is 17.3 Å². The highest BCUT2D eigenvalue weighted by molar-refractivity contribution is 7.80. The first-order valence-corrected chi connectivity index (χ1v) is 3.15. The van der Waals surface area contributed by atoms with E-state index in [9.17, 15) is 0 Å². The Hall–Kier alpha value is -1.63. The van der Waals surface area contributed by atoms with Crippen LogP contribution in [0.3, 0.4) is 0 Å². The molecule has 0 amide bonds. The van der Waals surface area contributed by atoms with Crippen LogP contribution < -0.4 is 11.1 Å². The van der Waals surface area contributed by atoms with Gasteiger partial charge in [-0.2, -0.15) is 0 Å². The normalized spacial score (nSPS) is 5.73. The van der Waals surface area contributed by atoms with E-state index < -0.39 is 0 Å². The maximum atomic E-state index is 5.12. The first kappa shape index (κ1) is 9.37. The third-order valence-electron chi connectivity index (χ3n) is 0.637. The molecule has 0 aromatic carbocycles. The van der Waals surface area contributed by atoms with Gasteiger partial charge in [0.15, 0.2) is 5.11 Å². The van der Waals surface area contributed by atoms with Crippen molar-refractivity contribution in [2.75, 3.05) is 6.54 Å². The second-order valence-electron chi connectivity index (χ2n) is 1.41. The molecule has 11 heavy (non-hydrogen) atoms. The van der Waals surface area contributed by atoms with E-state index in [1.807, 2.05) is 0 Å². The number of hydrogen-bond donors (Lipinski definition) is 2. The zero-order valence-electron chi connectivity index (χ0n) is 5.77. The van der Waals surface area contributed by atoms with Crippen molar-refractivity contribution in [2.45, 2.75) is 0 Å². The van der Waals surface area contributed by atoms with Crippen LogP contribution in [-0.4, -0.2) is 11.7 Å². The number of nitrogens with one attached hydrogen (secondary N) is 1. The molecule has 0 aromatic heterocycles. The van der Waals surface area contributed by atoms with Gasteiger partial charge in [-0.15, -0.1) is 6.42 Å². The van der Waals surface area contributed by atoms with Crippen molar-refractivity contribution in [3.05, 3.63) is 0 Å². The molecule has 0 radical (unpaired) electrons. The predicted octanol–water partition coefficient (Wildman–Crippen LogP) is -0.540. The molecule has 0 heterocycles. The van der Waals surface area contributed by atoms with Crippen LogP contribution in [0.15, 0.2) is 0 Å². The standard InChI is InChI=1S/C8H6N2S/c1-2-3-4-5-6-7-10-8(9)11/h1H,7H2,(H3,9,10,11).